The van der Waals surface area contributed by atoms with Gasteiger partial charge in [-0.15, -0.1) is 0 Å². The van der Waals surface area contributed by atoms with Crippen LogP contribution in [0.25, 0.3) is 32.9 Å². The van der Waals surface area contributed by atoms with Gasteiger partial charge >= 0.3 is 6.01 Å². The third kappa shape index (κ3) is 4.52. The first-order valence-electron chi connectivity index (χ1n) is 16.2. The predicted octanol–water partition coefficient (Wildman–Crippen LogP) is 6.13. The van der Waals surface area contributed by atoms with Gasteiger partial charge in [0.25, 0.3) is 0 Å². The third-order valence-electron chi connectivity index (χ3n) is 11.1. The second kappa shape index (κ2) is 10.4. The molecule has 11 heteroatoms. The summed E-state index contributed by atoms with van der Waals surface area (Å²) in [5.41, 5.74) is 0.306. The zero-order valence-electron chi connectivity index (χ0n) is 24.9. The molecule has 0 amide bonds. The van der Waals surface area contributed by atoms with Crippen molar-refractivity contribution in [3.63, 3.8) is 0 Å². The molecular weight excluding hydrogens is 642 g/mol. The lowest BCUT2D eigenvalue weighted by Crippen LogP contribution is -2.51. The van der Waals surface area contributed by atoms with Crippen molar-refractivity contribution < 1.29 is 18.6 Å². The Hall–Kier alpha value is -3.15. The van der Waals surface area contributed by atoms with Gasteiger partial charge in [-0.1, -0.05) is 34.5 Å². The number of hydrogen-bond donors (Lipinski definition) is 2. The van der Waals surface area contributed by atoms with Gasteiger partial charge in [-0.05, 0) is 61.6 Å². The number of alkyl halides is 1. The number of halogens is 3. The van der Waals surface area contributed by atoms with E-state index in [1.165, 1.54) is 18.9 Å². The summed E-state index contributed by atoms with van der Waals surface area (Å²) in [6, 6.07) is 10.0. The second-order valence-corrected chi connectivity index (χ2v) is 14.7. The van der Waals surface area contributed by atoms with Crippen LogP contribution < -0.4 is 15.0 Å². The van der Waals surface area contributed by atoms with Gasteiger partial charge in [0.1, 0.15) is 35.6 Å². The topological polar surface area (TPSA) is 86.6 Å². The Labute approximate surface area is 268 Å². The average Bonchev–Trinajstić information content (AvgIpc) is 3.76. The number of aromatic hydroxyl groups is 1. The molecule has 4 aliphatic heterocycles. The fourth-order valence-electron chi connectivity index (χ4n) is 9.28. The van der Waals surface area contributed by atoms with Crippen LogP contribution in [0.15, 0.2) is 41.0 Å². The Morgan fingerprint density at radius 3 is 2.76 bits per heavy atom. The summed E-state index contributed by atoms with van der Waals surface area (Å²) in [5, 5.41) is 16.2. The first-order chi connectivity index (χ1) is 21.8. The highest BCUT2D eigenvalue weighted by molar-refractivity contribution is 9.10. The van der Waals surface area contributed by atoms with E-state index in [1.54, 1.807) is 12.3 Å². The number of phenolic OH excluding ortho intramolecular Hbond substituents is 1. The second-order valence-electron chi connectivity index (χ2n) is 13.8. The van der Waals surface area contributed by atoms with Crippen LogP contribution in [0.5, 0.6) is 11.8 Å². The highest BCUT2D eigenvalue weighted by Crippen LogP contribution is 2.52. The van der Waals surface area contributed by atoms with E-state index in [-0.39, 0.29) is 35.1 Å². The number of ether oxygens (including phenoxy) is 1. The van der Waals surface area contributed by atoms with Crippen molar-refractivity contribution in [2.75, 3.05) is 31.1 Å². The molecule has 45 heavy (non-hydrogen) atoms. The summed E-state index contributed by atoms with van der Waals surface area (Å²) < 4.78 is 38.9. The van der Waals surface area contributed by atoms with Crippen LogP contribution in [0.4, 0.5) is 14.6 Å². The van der Waals surface area contributed by atoms with E-state index in [2.05, 4.69) is 41.0 Å². The van der Waals surface area contributed by atoms with Crippen LogP contribution in [-0.4, -0.2) is 81.0 Å². The first kappa shape index (κ1) is 28.1. The molecule has 4 saturated heterocycles. The number of aromatic nitrogens is 3. The van der Waals surface area contributed by atoms with E-state index in [9.17, 15) is 9.50 Å². The number of nitrogens with one attached hydrogen (secondary N) is 1. The summed E-state index contributed by atoms with van der Waals surface area (Å²) >= 11 is 3.61. The molecule has 1 aliphatic carbocycles. The van der Waals surface area contributed by atoms with Gasteiger partial charge in [0.2, 0.25) is 0 Å². The molecule has 2 bridgehead atoms. The van der Waals surface area contributed by atoms with E-state index in [0.717, 1.165) is 54.0 Å². The van der Waals surface area contributed by atoms with Gasteiger partial charge in [0.15, 0.2) is 5.82 Å². The third-order valence-corrected chi connectivity index (χ3v) is 11.7. The van der Waals surface area contributed by atoms with E-state index in [1.807, 2.05) is 18.2 Å². The molecule has 5 aliphatic rings. The van der Waals surface area contributed by atoms with Gasteiger partial charge in [-0.25, -0.2) is 8.78 Å². The van der Waals surface area contributed by atoms with Crippen molar-refractivity contribution in [2.45, 2.75) is 74.8 Å². The van der Waals surface area contributed by atoms with Gasteiger partial charge in [0.05, 0.1) is 10.9 Å². The zero-order chi connectivity index (χ0) is 30.4. The predicted molar refractivity (Wildman–Crippen MR) is 172 cm³/mol. The lowest BCUT2D eigenvalue weighted by molar-refractivity contribution is 0.0832. The Morgan fingerprint density at radius 1 is 1.07 bits per heavy atom. The molecule has 0 radical (unpaired) electrons. The monoisotopic (exact) mass is 676 g/mol. The van der Waals surface area contributed by atoms with Crippen LogP contribution >= 0.6 is 15.9 Å². The maximum absolute atomic E-state index is 16.8. The number of phenols is 1. The van der Waals surface area contributed by atoms with E-state index in [0.29, 0.717) is 53.8 Å². The SMILES string of the molecule is Oc1cc(-c2ncc3c(N4CC5CCC(C4)N5)nc(OC[C@]45C[C@H](F)CN4[C@H]4CCC[C@H]4C5)nc3c2F)c2c(Br)cccc2c1. The number of anilines is 1. The summed E-state index contributed by atoms with van der Waals surface area (Å²) in [7, 11) is 0. The summed E-state index contributed by atoms with van der Waals surface area (Å²) in [5.74, 6) is 0.615. The standard InChI is InChI=1S/C34H35BrF2N6O2/c35-26-5-1-3-18-9-23(44)10-24(28(18)26)30-29(37)31-25(13-38-30)32(42-15-21-7-8-22(16-42)39-21)41-33(40-31)45-17-34-11-19-4-2-6-27(19)43(34)14-20(36)12-34/h1,3,5,9-10,13,19-22,27,39,44H,2,4,6-8,11-12,14-17H2/t19-,20-,21?,22?,27-,34-/m0/s1. The van der Waals surface area contributed by atoms with Gasteiger partial charge in [0, 0.05) is 65.8 Å². The van der Waals surface area contributed by atoms with Crippen LogP contribution in [0, 0.1) is 11.7 Å². The van der Waals surface area contributed by atoms with Crippen molar-refractivity contribution in [2.24, 2.45) is 5.92 Å². The molecule has 234 valence electrons. The molecule has 2 unspecified atom stereocenters. The molecule has 2 N–H and O–H groups in total. The smallest absolute Gasteiger partial charge is 0.319 e. The molecule has 1 saturated carbocycles. The van der Waals surface area contributed by atoms with Gasteiger partial charge < -0.3 is 20.1 Å². The van der Waals surface area contributed by atoms with Crippen LogP contribution in [0.2, 0.25) is 0 Å². The molecule has 2 aromatic carbocycles. The quantitative estimate of drug-likeness (QED) is 0.261. The van der Waals surface area contributed by atoms with Gasteiger partial charge in [-0.3, -0.25) is 9.88 Å². The molecular formula is C34H35BrF2N6O2. The van der Waals surface area contributed by atoms with Crippen molar-refractivity contribution in [1.29, 1.82) is 0 Å². The molecule has 6 atom stereocenters. The number of hydrogen-bond acceptors (Lipinski definition) is 8. The molecule has 9 rings (SSSR count). The minimum Gasteiger partial charge on any atom is -0.508 e. The van der Waals surface area contributed by atoms with Crippen LogP contribution in [-0.2, 0) is 0 Å². The average molecular weight is 678 g/mol. The van der Waals surface area contributed by atoms with Crippen molar-refractivity contribution in [1.82, 2.24) is 25.2 Å². The van der Waals surface area contributed by atoms with E-state index >= 15 is 4.39 Å². The van der Waals surface area contributed by atoms with Crippen molar-refractivity contribution >= 4 is 43.4 Å². The molecule has 4 aromatic rings. The van der Waals surface area contributed by atoms with Gasteiger partial charge in [-0.2, -0.15) is 9.97 Å². The maximum atomic E-state index is 16.8. The largest absolute Gasteiger partial charge is 0.508 e. The number of fused-ring (bicyclic) bond motifs is 7. The van der Waals surface area contributed by atoms with E-state index < -0.39 is 12.0 Å². The Balaban J connectivity index is 1.15. The molecule has 6 heterocycles. The highest BCUT2D eigenvalue weighted by Gasteiger charge is 2.58. The fraction of sp³-hybridized carbons (Fsp3) is 0.500. The fourth-order valence-corrected chi connectivity index (χ4v) is 9.88. The minimum absolute atomic E-state index is 0.0217. The summed E-state index contributed by atoms with van der Waals surface area (Å²) in [4.78, 5) is 18.8. The molecule has 2 aromatic heterocycles. The summed E-state index contributed by atoms with van der Waals surface area (Å²) in [6.45, 7) is 2.23. The Bertz CT molecular complexity index is 1830. The minimum atomic E-state index is -0.873. The first-order valence-corrected chi connectivity index (χ1v) is 17.0. The number of piperazine rings is 1. The number of nitrogens with zero attached hydrogens (tertiary/aromatic N) is 5. The molecule has 5 fully saturated rings. The van der Waals surface area contributed by atoms with E-state index in [4.69, 9.17) is 9.72 Å². The normalized spacial score (nSPS) is 30.8. The number of benzene rings is 2. The summed E-state index contributed by atoms with van der Waals surface area (Å²) in [6.07, 6.45) is 7.82. The Kier molecular flexibility index (Phi) is 6.52. The lowest BCUT2D eigenvalue weighted by atomic mass is 9.89. The maximum Gasteiger partial charge on any atom is 0.319 e. The molecule has 8 nitrogen and oxygen atoms in total. The Morgan fingerprint density at radius 2 is 1.91 bits per heavy atom. The van der Waals surface area contributed by atoms with Crippen LogP contribution in [0.3, 0.4) is 0 Å². The van der Waals surface area contributed by atoms with Crippen molar-refractivity contribution in [3.05, 3.63) is 46.8 Å². The van der Waals surface area contributed by atoms with Crippen LogP contribution in [0.1, 0.15) is 44.9 Å². The van der Waals surface area contributed by atoms with Crippen molar-refractivity contribution in [3.8, 4) is 23.0 Å². The zero-order valence-corrected chi connectivity index (χ0v) is 26.4. The lowest BCUT2D eigenvalue weighted by Gasteiger charge is -2.35. The number of pyridine rings is 1. The molecule has 0 spiro atoms. The highest BCUT2D eigenvalue weighted by atomic mass is 79.9. The number of rotatable bonds is 5.